The van der Waals surface area contributed by atoms with E-state index in [0.717, 1.165) is 29.5 Å². The molecule has 4 fully saturated rings. The van der Waals surface area contributed by atoms with E-state index in [1.807, 2.05) is 0 Å². The molecule has 1 aromatic heterocycles. The van der Waals surface area contributed by atoms with Crippen LogP contribution in [0.3, 0.4) is 0 Å². The molecule has 4 aliphatic rings. The molecule has 0 atom stereocenters. The van der Waals surface area contributed by atoms with Gasteiger partial charge in [-0.05, 0) is 55.8 Å². The number of hydrogen-bond donors (Lipinski definition) is 2. The topological polar surface area (TPSA) is 71.8 Å². The third-order valence-corrected chi connectivity index (χ3v) is 5.62. The largest absolute Gasteiger partial charge is 0.339 e. The van der Waals surface area contributed by atoms with Crippen molar-refractivity contribution in [2.75, 3.05) is 6.54 Å². The fraction of sp³-hybridized carbons (Fsp3) is 0.733. The van der Waals surface area contributed by atoms with Crippen LogP contribution in [-0.2, 0) is 0 Å². The average molecular weight is 259 g/mol. The van der Waals surface area contributed by atoms with Crippen molar-refractivity contribution < 1.29 is 4.79 Å². The molecule has 102 valence electrons. The van der Waals surface area contributed by atoms with Crippen molar-refractivity contribution in [2.24, 2.45) is 29.4 Å². The molecule has 4 nitrogen and oxygen atoms in total. The summed E-state index contributed by atoms with van der Waals surface area (Å²) in [5.74, 6) is 5.10. The van der Waals surface area contributed by atoms with E-state index in [1.54, 1.807) is 6.20 Å². The van der Waals surface area contributed by atoms with Gasteiger partial charge in [0.25, 0.3) is 0 Å². The monoisotopic (exact) mass is 259 g/mol. The molecule has 4 aliphatic carbocycles. The lowest BCUT2D eigenvalue weighted by molar-refractivity contribution is -0.00541. The molecular weight excluding hydrogens is 238 g/mol. The Balaban J connectivity index is 1.62. The molecule has 4 bridgehead atoms. The third kappa shape index (κ3) is 1.76. The molecule has 0 radical (unpaired) electrons. The summed E-state index contributed by atoms with van der Waals surface area (Å²) in [4.78, 5) is 19.4. The molecule has 5 rings (SSSR count). The molecule has 0 amide bonds. The fourth-order valence-corrected chi connectivity index (χ4v) is 5.13. The van der Waals surface area contributed by atoms with Crippen molar-refractivity contribution in [1.82, 2.24) is 9.97 Å². The number of nitrogens with two attached hydrogens (primary N) is 1. The number of Topliss-reactive ketones (excluding diaryl/α,β-unsaturated/α-hetero) is 1. The molecule has 0 aromatic carbocycles. The Morgan fingerprint density at radius 3 is 2.42 bits per heavy atom. The minimum absolute atomic E-state index is 0.0393. The highest BCUT2D eigenvalue weighted by molar-refractivity contribution is 5.95. The van der Waals surface area contributed by atoms with E-state index in [-0.39, 0.29) is 12.3 Å². The van der Waals surface area contributed by atoms with Crippen LogP contribution in [0.5, 0.6) is 0 Å². The highest BCUT2D eigenvalue weighted by Gasteiger charge is 2.49. The Labute approximate surface area is 113 Å². The second kappa shape index (κ2) is 4.17. The molecule has 0 unspecified atom stereocenters. The first-order valence-electron chi connectivity index (χ1n) is 7.52. The van der Waals surface area contributed by atoms with Crippen LogP contribution in [0.1, 0.15) is 54.3 Å². The van der Waals surface area contributed by atoms with Gasteiger partial charge in [0.15, 0.2) is 5.78 Å². The van der Waals surface area contributed by atoms with E-state index in [0.29, 0.717) is 11.6 Å². The Kier molecular flexibility index (Phi) is 2.56. The summed E-state index contributed by atoms with van der Waals surface area (Å²) in [7, 11) is 0. The van der Waals surface area contributed by atoms with Gasteiger partial charge in [0.2, 0.25) is 0 Å². The van der Waals surface area contributed by atoms with Crippen molar-refractivity contribution in [2.45, 2.75) is 38.0 Å². The zero-order chi connectivity index (χ0) is 13.0. The molecule has 0 spiro atoms. The van der Waals surface area contributed by atoms with Crippen LogP contribution in [0.4, 0.5) is 0 Å². The Morgan fingerprint density at radius 2 is 1.84 bits per heavy atom. The molecular formula is C15H21N3O. The van der Waals surface area contributed by atoms with Crippen molar-refractivity contribution in [3.8, 4) is 0 Å². The molecule has 3 N–H and O–H groups in total. The average Bonchev–Trinajstić information content (AvgIpc) is 2.86. The summed E-state index contributed by atoms with van der Waals surface area (Å²) < 4.78 is 0. The molecule has 1 heterocycles. The number of hydrogen-bond acceptors (Lipinski definition) is 3. The number of imidazole rings is 1. The number of nitrogens with zero attached hydrogens (tertiary/aromatic N) is 1. The number of carbonyl (C=O) groups is 1. The summed E-state index contributed by atoms with van der Waals surface area (Å²) in [6.07, 6.45) is 8.64. The van der Waals surface area contributed by atoms with Crippen LogP contribution in [0, 0.1) is 23.7 Å². The highest BCUT2D eigenvalue weighted by atomic mass is 16.1. The number of nitrogens with one attached hydrogen (secondary N) is 1. The molecule has 4 saturated carbocycles. The lowest BCUT2D eigenvalue weighted by atomic mass is 9.52. The van der Waals surface area contributed by atoms with Crippen LogP contribution in [0.25, 0.3) is 0 Å². The number of ketones is 1. The zero-order valence-electron chi connectivity index (χ0n) is 11.1. The zero-order valence-corrected chi connectivity index (χ0v) is 11.1. The van der Waals surface area contributed by atoms with E-state index in [9.17, 15) is 4.79 Å². The maximum absolute atomic E-state index is 11.6. The number of aromatic nitrogens is 2. The van der Waals surface area contributed by atoms with Gasteiger partial charge in [-0.1, -0.05) is 0 Å². The Hall–Kier alpha value is -1.16. The lowest BCUT2D eigenvalue weighted by Gasteiger charge is -2.53. The normalized spacial score (nSPS) is 39.7. The van der Waals surface area contributed by atoms with Gasteiger partial charge < -0.3 is 10.7 Å². The minimum atomic E-state index is -0.0393. The van der Waals surface area contributed by atoms with E-state index in [1.165, 1.54) is 32.1 Å². The number of rotatable bonds is 3. The lowest BCUT2D eigenvalue weighted by Crippen LogP contribution is -2.44. The molecule has 4 heteroatoms. The first kappa shape index (κ1) is 11.6. The van der Waals surface area contributed by atoms with Crippen LogP contribution in [0.2, 0.25) is 0 Å². The predicted molar refractivity (Wildman–Crippen MR) is 71.8 cm³/mol. The van der Waals surface area contributed by atoms with E-state index >= 15 is 0 Å². The summed E-state index contributed by atoms with van der Waals surface area (Å²) in [6, 6.07) is 0. The van der Waals surface area contributed by atoms with Crippen molar-refractivity contribution in [3.63, 3.8) is 0 Å². The first-order valence-corrected chi connectivity index (χ1v) is 7.52. The fourth-order valence-electron chi connectivity index (χ4n) is 5.13. The van der Waals surface area contributed by atoms with Crippen LogP contribution in [-0.4, -0.2) is 22.3 Å². The summed E-state index contributed by atoms with van der Waals surface area (Å²) in [5, 5.41) is 0. The Morgan fingerprint density at radius 1 is 1.21 bits per heavy atom. The summed E-state index contributed by atoms with van der Waals surface area (Å²) >= 11 is 0. The first-order chi connectivity index (χ1) is 9.24. The third-order valence-electron chi connectivity index (χ3n) is 5.62. The van der Waals surface area contributed by atoms with Gasteiger partial charge in [-0.2, -0.15) is 0 Å². The van der Waals surface area contributed by atoms with Gasteiger partial charge in [0.05, 0.1) is 12.7 Å². The molecule has 0 saturated heterocycles. The SMILES string of the molecule is NCC(=O)c1cnc(C2C3CC4CC(C3)CC2C4)[nH]1. The van der Waals surface area contributed by atoms with E-state index in [4.69, 9.17) is 5.73 Å². The summed E-state index contributed by atoms with van der Waals surface area (Å²) in [5.41, 5.74) is 6.00. The number of carbonyl (C=O) groups excluding carboxylic acids is 1. The number of H-pyrrole nitrogens is 1. The van der Waals surface area contributed by atoms with Crippen LogP contribution < -0.4 is 5.73 Å². The van der Waals surface area contributed by atoms with Gasteiger partial charge in [-0.15, -0.1) is 0 Å². The maximum atomic E-state index is 11.6. The van der Waals surface area contributed by atoms with Gasteiger partial charge in [-0.3, -0.25) is 4.79 Å². The second-order valence-corrected chi connectivity index (χ2v) is 6.77. The van der Waals surface area contributed by atoms with Gasteiger partial charge in [0.1, 0.15) is 11.5 Å². The standard InChI is InChI=1S/C15H21N3O/c16-6-13(19)12-7-17-15(18-12)14-10-2-8-1-9(4-10)5-11(14)3-8/h7-11,14H,1-6,16H2,(H,17,18). The summed E-state index contributed by atoms with van der Waals surface area (Å²) in [6.45, 7) is 0.0588. The quantitative estimate of drug-likeness (QED) is 0.816. The van der Waals surface area contributed by atoms with Crippen molar-refractivity contribution >= 4 is 5.78 Å². The van der Waals surface area contributed by atoms with Crippen molar-refractivity contribution in [3.05, 3.63) is 17.7 Å². The highest BCUT2D eigenvalue weighted by Crippen LogP contribution is 2.59. The van der Waals surface area contributed by atoms with E-state index in [2.05, 4.69) is 9.97 Å². The van der Waals surface area contributed by atoms with Gasteiger partial charge in [-0.25, -0.2) is 4.98 Å². The minimum Gasteiger partial charge on any atom is -0.339 e. The number of aromatic amines is 1. The molecule has 1 aromatic rings. The van der Waals surface area contributed by atoms with Crippen LogP contribution in [0.15, 0.2) is 6.20 Å². The van der Waals surface area contributed by atoms with Crippen LogP contribution >= 0.6 is 0 Å². The second-order valence-electron chi connectivity index (χ2n) is 6.77. The molecule has 19 heavy (non-hydrogen) atoms. The van der Waals surface area contributed by atoms with Gasteiger partial charge >= 0.3 is 0 Å². The Bertz CT molecular complexity index is 479. The van der Waals surface area contributed by atoms with Crippen molar-refractivity contribution in [1.29, 1.82) is 0 Å². The predicted octanol–water partition coefficient (Wildman–Crippen LogP) is 2.09. The molecule has 0 aliphatic heterocycles. The van der Waals surface area contributed by atoms with Gasteiger partial charge in [0, 0.05) is 5.92 Å². The van der Waals surface area contributed by atoms with E-state index < -0.39 is 0 Å². The maximum Gasteiger partial charge on any atom is 0.194 e. The smallest absolute Gasteiger partial charge is 0.194 e.